The summed E-state index contributed by atoms with van der Waals surface area (Å²) in [6.07, 6.45) is 5.38. The fourth-order valence-corrected chi connectivity index (χ4v) is 2.17. The number of aromatic nitrogens is 1. The second kappa shape index (κ2) is 6.24. The van der Waals surface area contributed by atoms with E-state index in [-0.39, 0.29) is 5.75 Å². The van der Waals surface area contributed by atoms with Gasteiger partial charge in [0.2, 0.25) is 6.20 Å². The van der Waals surface area contributed by atoms with Gasteiger partial charge in [-0.1, -0.05) is 24.8 Å². The molecule has 3 heteroatoms. The number of aryl methyl sites for hydroxylation is 2. The van der Waals surface area contributed by atoms with Crippen LogP contribution in [0.15, 0.2) is 49.3 Å². The van der Waals surface area contributed by atoms with Crippen molar-refractivity contribution in [3.05, 3.63) is 66.0 Å². The topological polar surface area (TPSA) is 33.3 Å². The molecule has 20 heavy (non-hydrogen) atoms. The van der Waals surface area contributed by atoms with E-state index in [9.17, 15) is 5.11 Å². The van der Waals surface area contributed by atoms with Gasteiger partial charge in [0, 0.05) is 6.07 Å². The summed E-state index contributed by atoms with van der Waals surface area (Å²) in [7, 11) is 0. The highest BCUT2D eigenvalue weighted by atomic mass is 16.5. The Kier molecular flexibility index (Phi) is 4.41. The molecular formula is C17H20NO2+. The third-order valence-corrected chi connectivity index (χ3v) is 3.22. The van der Waals surface area contributed by atoms with Crippen molar-refractivity contribution >= 4 is 0 Å². The van der Waals surface area contributed by atoms with Gasteiger partial charge in [0.15, 0.2) is 18.5 Å². The minimum absolute atomic E-state index is 0.256. The monoisotopic (exact) mass is 270 g/mol. The van der Waals surface area contributed by atoms with Crippen LogP contribution in [0.3, 0.4) is 0 Å². The van der Waals surface area contributed by atoms with Crippen LogP contribution in [0, 0.1) is 13.8 Å². The van der Waals surface area contributed by atoms with Crippen LogP contribution in [0.25, 0.3) is 0 Å². The highest BCUT2D eigenvalue weighted by Crippen LogP contribution is 2.26. The summed E-state index contributed by atoms with van der Waals surface area (Å²) in [5, 5.41) is 9.56. The summed E-state index contributed by atoms with van der Waals surface area (Å²) in [6.45, 7) is 8.94. The first-order chi connectivity index (χ1) is 9.61. The molecule has 0 saturated carbocycles. The molecular weight excluding hydrogens is 250 g/mol. The maximum atomic E-state index is 9.56. The number of hydrogen-bond acceptors (Lipinski definition) is 2. The first-order valence-corrected chi connectivity index (χ1v) is 6.62. The van der Waals surface area contributed by atoms with Gasteiger partial charge in [-0.15, -0.1) is 0 Å². The normalized spacial score (nSPS) is 10.3. The van der Waals surface area contributed by atoms with E-state index in [1.807, 2.05) is 23.8 Å². The lowest BCUT2D eigenvalue weighted by atomic mass is 10.0. The van der Waals surface area contributed by atoms with E-state index in [4.69, 9.17) is 4.74 Å². The molecule has 1 aromatic heterocycles. The third kappa shape index (κ3) is 3.18. The molecule has 2 aromatic rings. The fourth-order valence-electron chi connectivity index (χ4n) is 2.17. The first kappa shape index (κ1) is 14.1. The van der Waals surface area contributed by atoms with Crippen LogP contribution in [-0.2, 0) is 6.54 Å². The molecule has 0 amide bonds. The Hall–Kier alpha value is -2.29. The summed E-state index contributed by atoms with van der Waals surface area (Å²) in [6, 6.07) is 7.64. The number of hydrogen-bond donors (Lipinski definition) is 1. The number of aromatic hydroxyl groups is 1. The molecule has 0 aliphatic carbocycles. The molecule has 0 unspecified atom stereocenters. The molecule has 2 rings (SSSR count). The Morgan fingerprint density at radius 2 is 2.00 bits per heavy atom. The van der Waals surface area contributed by atoms with E-state index in [1.54, 1.807) is 18.3 Å². The Balaban J connectivity index is 2.38. The average Bonchev–Trinajstić information content (AvgIpc) is 2.42. The van der Waals surface area contributed by atoms with E-state index in [2.05, 4.69) is 25.6 Å². The standard InChI is InChI=1S/C17H19NO2/c1-4-10-20-17-14(3)8-7-13(2)16(17)12-18-9-5-6-15(19)11-18/h4-9,11H,1,10,12H2,2-3H3/p+1. The van der Waals surface area contributed by atoms with E-state index in [1.165, 1.54) is 5.56 Å². The molecule has 3 nitrogen and oxygen atoms in total. The number of pyridine rings is 1. The van der Waals surface area contributed by atoms with Crippen molar-refractivity contribution in [2.75, 3.05) is 6.61 Å². The average molecular weight is 270 g/mol. The highest BCUT2D eigenvalue weighted by Gasteiger charge is 2.15. The molecule has 1 heterocycles. The van der Waals surface area contributed by atoms with E-state index >= 15 is 0 Å². The largest absolute Gasteiger partial charge is 0.503 e. The van der Waals surface area contributed by atoms with Gasteiger partial charge < -0.3 is 9.84 Å². The van der Waals surface area contributed by atoms with Gasteiger partial charge in [0.25, 0.3) is 0 Å². The second-order valence-electron chi connectivity index (χ2n) is 4.84. The van der Waals surface area contributed by atoms with Crippen molar-refractivity contribution in [1.82, 2.24) is 0 Å². The lowest BCUT2D eigenvalue weighted by Gasteiger charge is -2.13. The van der Waals surface area contributed by atoms with Gasteiger partial charge in [-0.3, -0.25) is 0 Å². The van der Waals surface area contributed by atoms with Gasteiger partial charge in [0.1, 0.15) is 12.4 Å². The quantitative estimate of drug-likeness (QED) is 0.669. The van der Waals surface area contributed by atoms with Crippen LogP contribution < -0.4 is 9.30 Å². The maximum absolute atomic E-state index is 9.56. The van der Waals surface area contributed by atoms with Gasteiger partial charge >= 0.3 is 0 Å². The zero-order valence-corrected chi connectivity index (χ0v) is 12.0. The van der Waals surface area contributed by atoms with Crippen molar-refractivity contribution in [2.24, 2.45) is 0 Å². The highest BCUT2D eigenvalue weighted by molar-refractivity contribution is 5.45. The zero-order chi connectivity index (χ0) is 14.5. The zero-order valence-electron chi connectivity index (χ0n) is 12.0. The molecule has 0 aliphatic heterocycles. The molecule has 104 valence electrons. The lowest BCUT2D eigenvalue weighted by Crippen LogP contribution is -2.33. The minimum Gasteiger partial charge on any atom is -0.503 e. The minimum atomic E-state index is 0.256. The van der Waals surface area contributed by atoms with Crippen LogP contribution in [0.4, 0.5) is 0 Å². The Bertz CT molecular complexity index is 620. The summed E-state index contributed by atoms with van der Waals surface area (Å²) in [5.41, 5.74) is 3.40. The van der Waals surface area contributed by atoms with Crippen LogP contribution in [0.1, 0.15) is 16.7 Å². The smallest absolute Gasteiger partial charge is 0.211 e. The summed E-state index contributed by atoms with van der Waals surface area (Å²) >= 11 is 0. The number of ether oxygens (including phenoxy) is 1. The van der Waals surface area contributed by atoms with Gasteiger partial charge in [-0.25, -0.2) is 0 Å². The maximum Gasteiger partial charge on any atom is 0.211 e. The first-order valence-electron chi connectivity index (χ1n) is 6.62. The molecule has 0 atom stereocenters. The van der Waals surface area contributed by atoms with E-state index in [0.717, 1.165) is 16.9 Å². The lowest BCUT2D eigenvalue weighted by molar-refractivity contribution is -0.688. The van der Waals surface area contributed by atoms with Crippen LogP contribution in [-0.4, -0.2) is 11.7 Å². The van der Waals surface area contributed by atoms with Crippen LogP contribution in [0.5, 0.6) is 11.5 Å². The Morgan fingerprint density at radius 3 is 2.70 bits per heavy atom. The van der Waals surface area contributed by atoms with Gasteiger partial charge in [0.05, 0.1) is 5.56 Å². The number of rotatable bonds is 5. The van der Waals surface area contributed by atoms with Crippen LogP contribution in [0.2, 0.25) is 0 Å². The molecule has 0 fully saturated rings. The molecule has 0 saturated heterocycles. The van der Waals surface area contributed by atoms with Crippen molar-refractivity contribution in [1.29, 1.82) is 0 Å². The molecule has 0 radical (unpaired) electrons. The van der Waals surface area contributed by atoms with Gasteiger partial charge in [-0.2, -0.15) is 4.57 Å². The van der Waals surface area contributed by atoms with Crippen molar-refractivity contribution in [2.45, 2.75) is 20.4 Å². The number of nitrogens with zero attached hydrogens (tertiary/aromatic N) is 1. The third-order valence-electron chi connectivity index (χ3n) is 3.22. The van der Waals surface area contributed by atoms with Crippen molar-refractivity contribution in [3.8, 4) is 11.5 Å². The summed E-state index contributed by atoms with van der Waals surface area (Å²) in [4.78, 5) is 0. The second-order valence-corrected chi connectivity index (χ2v) is 4.84. The summed E-state index contributed by atoms with van der Waals surface area (Å²) < 4.78 is 7.75. The van der Waals surface area contributed by atoms with E-state index < -0.39 is 0 Å². The van der Waals surface area contributed by atoms with Crippen molar-refractivity contribution in [3.63, 3.8) is 0 Å². The van der Waals surface area contributed by atoms with Crippen LogP contribution >= 0.6 is 0 Å². The number of benzene rings is 1. The van der Waals surface area contributed by atoms with Gasteiger partial charge in [-0.05, 0) is 31.0 Å². The molecule has 1 aromatic carbocycles. The predicted molar refractivity (Wildman–Crippen MR) is 79.0 cm³/mol. The van der Waals surface area contributed by atoms with E-state index in [0.29, 0.717) is 13.2 Å². The Labute approximate surface area is 119 Å². The Morgan fingerprint density at radius 1 is 1.25 bits per heavy atom. The molecule has 0 spiro atoms. The molecule has 0 aliphatic rings. The SMILES string of the molecule is C=CCOc1c(C)ccc(C)c1C[n+]1cccc(O)c1. The molecule has 0 bridgehead atoms. The molecule has 1 N–H and O–H groups in total. The fraction of sp³-hybridized carbons (Fsp3) is 0.235. The summed E-state index contributed by atoms with van der Waals surface area (Å²) in [5.74, 6) is 1.16. The predicted octanol–water partition coefficient (Wildman–Crippen LogP) is 2.91. The van der Waals surface area contributed by atoms with Crippen molar-refractivity contribution < 1.29 is 14.4 Å².